The first-order valence-corrected chi connectivity index (χ1v) is 8.03. The van der Waals surface area contributed by atoms with Gasteiger partial charge >= 0.3 is 5.97 Å². The average molecular weight is 359 g/mol. The normalized spacial score (nSPS) is 17.1. The van der Waals surface area contributed by atoms with Crippen LogP contribution in [-0.2, 0) is 14.3 Å². The van der Waals surface area contributed by atoms with Gasteiger partial charge in [-0.3, -0.25) is 9.69 Å². The van der Waals surface area contributed by atoms with Crippen LogP contribution in [0.25, 0.3) is 0 Å². The number of pyridine rings is 1. The Bertz CT molecular complexity index is 851. The Morgan fingerprint density at radius 2 is 2.00 bits per heavy atom. The van der Waals surface area contributed by atoms with Crippen molar-refractivity contribution in [3.8, 4) is 0 Å². The van der Waals surface area contributed by atoms with Crippen molar-refractivity contribution in [3.05, 3.63) is 70.6 Å². The van der Waals surface area contributed by atoms with E-state index in [1.165, 1.54) is 11.1 Å². The fourth-order valence-electron chi connectivity index (χ4n) is 2.75. The van der Waals surface area contributed by atoms with Gasteiger partial charge in [0, 0.05) is 11.2 Å². The van der Waals surface area contributed by atoms with Gasteiger partial charge in [-0.05, 0) is 30.7 Å². The molecule has 1 aromatic carbocycles. The van der Waals surface area contributed by atoms with Crippen LogP contribution >= 0.6 is 11.6 Å². The number of aliphatic hydroxyl groups is 1. The molecule has 1 N–H and O–H groups in total. The molecule has 0 bridgehead atoms. The van der Waals surface area contributed by atoms with Gasteiger partial charge in [-0.2, -0.15) is 0 Å². The summed E-state index contributed by atoms with van der Waals surface area (Å²) in [4.78, 5) is 30.4. The molecule has 2 aromatic rings. The number of rotatable bonds is 4. The maximum absolute atomic E-state index is 12.6. The van der Waals surface area contributed by atoms with E-state index in [-0.39, 0.29) is 12.2 Å². The van der Waals surface area contributed by atoms with E-state index >= 15 is 0 Å². The number of carbonyl (C=O) groups excluding carboxylic acids is 2. The molecule has 25 heavy (non-hydrogen) atoms. The van der Waals surface area contributed by atoms with Crippen molar-refractivity contribution in [1.29, 1.82) is 0 Å². The Hall–Kier alpha value is -2.86. The summed E-state index contributed by atoms with van der Waals surface area (Å²) in [5.74, 6) is -1.86. The largest absolute Gasteiger partial charge is 0.503 e. The van der Waals surface area contributed by atoms with Crippen LogP contribution < -0.4 is 4.90 Å². The molecule has 0 saturated carbocycles. The molecular formula is C18H15ClN2O4. The summed E-state index contributed by atoms with van der Waals surface area (Å²) in [5.41, 5.74) is 0.348. The molecule has 1 atom stereocenters. The molecule has 3 rings (SSSR count). The highest BCUT2D eigenvalue weighted by atomic mass is 35.5. The standard InChI is InChI=1S/C18H15ClN2O4/c1-2-25-18(24)14-15(11-7-3-4-8-12(11)19)21(17(23)16(14)22)13-9-5-6-10-20-13/h3-10,15,22H,2H2,1H3. The summed E-state index contributed by atoms with van der Waals surface area (Å²) in [7, 11) is 0. The van der Waals surface area contributed by atoms with Gasteiger partial charge in [-0.15, -0.1) is 0 Å². The van der Waals surface area contributed by atoms with Gasteiger partial charge in [-0.1, -0.05) is 35.9 Å². The monoisotopic (exact) mass is 358 g/mol. The summed E-state index contributed by atoms with van der Waals surface area (Å²) in [5, 5.41) is 10.7. The second kappa shape index (κ2) is 6.94. The second-order valence-electron chi connectivity index (χ2n) is 5.27. The Balaban J connectivity index is 2.19. The first-order valence-electron chi connectivity index (χ1n) is 7.65. The number of hydrogen-bond donors (Lipinski definition) is 1. The van der Waals surface area contributed by atoms with Crippen LogP contribution in [0.1, 0.15) is 18.5 Å². The van der Waals surface area contributed by atoms with Crippen LogP contribution in [0, 0.1) is 0 Å². The van der Waals surface area contributed by atoms with Crippen molar-refractivity contribution in [1.82, 2.24) is 4.98 Å². The number of aliphatic hydroxyl groups excluding tert-OH is 1. The zero-order valence-electron chi connectivity index (χ0n) is 13.3. The van der Waals surface area contributed by atoms with Gasteiger partial charge in [0.15, 0.2) is 5.76 Å². The second-order valence-corrected chi connectivity index (χ2v) is 5.68. The van der Waals surface area contributed by atoms with E-state index in [2.05, 4.69) is 4.98 Å². The number of benzene rings is 1. The van der Waals surface area contributed by atoms with E-state index in [0.29, 0.717) is 16.4 Å². The van der Waals surface area contributed by atoms with Crippen LogP contribution in [0.3, 0.4) is 0 Å². The topological polar surface area (TPSA) is 79.7 Å². The van der Waals surface area contributed by atoms with Crippen LogP contribution in [0.4, 0.5) is 5.82 Å². The molecule has 0 radical (unpaired) electrons. The predicted octanol–water partition coefficient (Wildman–Crippen LogP) is 3.20. The number of esters is 1. The molecule has 1 unspecified atom stereocenters. The average Bonchev–Trinajstić information content (AvgIpc) is 2.88. The van der Waals surface area contributed by atoms with Crippen molar-refractivity contribution in [3.63, 3.8) is 0 Å². The lowest BCUT2D eigenvalue weighted by molar-refractivity contribution is -0.139. The molecule has 7 heteroatoms. The van der Waals surface area contributed by atoms with Crippen LogP contribution in [-0.4, -0.2) is 28.6 Å². The number of anilines is 1. The molecule has 1 aliphatic rings. The molecular weight excluding hydrogens is 344 g/mol. The third kappa shape index (κ3) is 2.96. The van der Waals surface area contributed by atoms with Crippen molar-refractivity contribution < 1.29 is 19.4 Å². The summed E-state index contributed by atoms with van der Waals surface area (Å²) < 4.78 is 5.02. The van der Waals surface area contributed by atoms with Gasteiger partial charge in [0.25, 0.3) is 5.91 Å². The maximum atomic E-state index is 12.6. The zero-order valence-corrected chi connectivity index (χ0v) is 14.1. The minimum absolute atomic E-state index is 0.114. The first kappa shape index (κ1) is 17.0. The lowest BCUT2D eigenvalue weighted by Crippen LogP contribution is -2.32. The molecule has 0 spiro atoms. The minimum Gasteiger partial charge on any atom is -0.503 e. The molecule has 6 nitrogen and oxygen atoms in total. The third-order valence-corrected chi connectivity index (χ3v) is 4.14. The van der Waals surface area contributed by atoms with E-state index in [0.717, 1.165) is 0 Å². The number of amides is 1. The van der Waals surface area contributed by atoms with Gasteiger partial charge in [0.2, 0.25) is 0 Å². The Labute approximate surface area is 149 Å². The molecule has 0 aliphatic carbocycles. The maximum Gasteiger partial charge on any atom is 0.340 e. The number of nitrogens with zero attached hydrogens (tertiary/aromatic N) is 2. The molecule has 1 aliphatic heterocycles. The third-order valence-electron chi connectivity index (χ3n) is 3.80. The van der Waals surface area contributed by atoms with E-state index in [1.54, 1.807) is 49.4 Å². The van der Waals surface area contributed by atoms with Crippen LogP contribution in [0.5, 0.6) is 0 Å². The molecule has 1 amide bonds. The highest BCUT2D eigenvalue weighted by Gasteiger charge is 2.46. The number of halogens is 1. The van der Waals surface area contributed by atoms with Crippen molar-refractivity contribution in [2.24, 2.45) is 0 Å². The first-order chi connectivity index (χ1) is 12.1. The Morgan fingerprint density at radius 1 is 1.28 bits per heavy atom. The number of ether oxygens (including phenoxy) is 1. The molecule has 0 fully saturated rings. The summed E-state index contributed by atoms with van der Waals surface area (Å²) in [6.07, 6.45) is 1.52. The van der Waals surface area contributed by atoms with Crippen molar-refractivity contribution >= 4 is 29.3 Å². The number of carbonyl (C=O) groups is 2. The highest BCUT2D eigenvalue weighted by Crippen LogP contribution is 2.42. The van der Waals surface area contributed by atoms with Gasteiger partial charge in [-0.25, -0.2) is 9.78 Å². The van der Waals surface area contributed by atoms with Gasteiger partial charge in [0.05, 0.1) is 6.61 Å². The fraction of sp³-hybridized carbons (Fsp3) is 0.167. The van der Waals surface area contributed by atoms with Crippen molar-refractivity contribution in [2.45, 2.75) is 13.0 Å². The Kier molecular flexibility index (Phi) is 4.72. The quantitative estimate of drug-likeness (QED) is 0.849. The van der Waals surface area contributed by atoms with E-state index in [1.807, 2.05) is 0 Å². The van der Waals surface area contributed by atoms with Gasteiger partial charge < -0.3 is 9.84 Å². The number of aromatic nitrogens is 1. The predicted molar refractivity (Wildman–Crippen MR) is 92.2 cm³/mol. The summed E-state index contributed by atoms with van der Waals surface area (Å²) in [6.45, 7) is 1.76. The van der Waals surface area contributed by atoms with Crippen molar-refractivity contribution in [2.75, 3.05) is 11.5 Å². The smallest absolute Gasteiger partial charge is 0.340 e. The summed E-state index contributed by atoms with van der Waals surface area (Å²) in [6, 6.07) is 10.9. The molecule has 2 heterocycles. The minimum atomic E-state index is -0.921. The van der Waals surface area contributed by atoms with E-state index in [9.17, 15) is 14.7 Å². The summed E-state index contributed by atoms with van der Waals surface area (Å²) >= 11 is 6.28. The van der Waals surface area contributed by atoms with E-state index in [4.69, 9.17) is 16.3 Å². The number of hydrogen-bond acceptors (Lipinski definition) is 5. The molecule has 0 saturated heterocycles. The highest BCUT2D eigenvalue weighted by molar-refractivity contribution is 6.31. The van der Waals surface area contributed by atoms with Gasteiger partial charge in [0.1, 0.15) is 17.4 Å². The van der Waals surface area contributed by atoms with E-state index < -0.39 is 23.7 Å². The van der Waals surface area contributed by atoms with Crippen LogP contribution in [0.2, 0.25) is 5.02 Å². The van der Waals surface area contributed by atoms with Crippen LogP contribution in [0.15, 0.2) is 60.0 Å². The molecule has 1 aromatic heterocycles. The lowest BCUT2D eigenvalue weighted by atomic mass is 9.99. The molecule has 128 valence electrons. The lowest BCUT2D eigenvalue weighted by Gasteiger charge is -2.26. The Morgan fingerprint density at radius 3 is 2.64 bits per heavy atom. The SMILES string of the molecule is CCOC(=O)C1=C(O)C(=O)N(c2ccccn2)C1c1ccccc1Cl. The zero-order chi connectivity index (χ0) is 18.0. The fourth-order valence-corrected chi connectivity index (χ4v) is 2.99.